The highest BCUT2D eigenvalue weighted by Gasteiger charge is 2.15. The third kappa shape index (κ3) is 4.36. The molecular formula is C16H20F2N2O. The maximum Gasteiger partial charge on any atom is 0.194 e. The van der Waals surface area contributed by atoms with Crippen LogP contribution in [0.4, 0.5) is 8.78 Å². The van der Waals surface area contributed by atoms with Crippen molar-refractivity contribution >= 4 is 0 Å². The van der Waals surface area contributed by atoms with Crippen LogP contribution in [0, 0.1) is 17.6 Å². The number of rotatable bonds is 7. The molecule has 0 aliphatic rings. The topological polar surface area (TPSA) is 38.1 Å². The van der Waals surface area contributed by atoms with E-state index in [-0.39, 0.29) is 11.3 Å². The van der Waals surface area contributed by atoms with Gasteiger partial charge in [0.2, 0.25) is 0 Å². The van der Waals surface area contributed by atoms with Crippen LogP contribution in [0.2, 0.25) is 0 Å². The van der Waals surface area contributed by atoms with Gasteiger partial charge in [-0.15, -0.1) is 0 Å². The standard InChI is InChI=1S/C16H20F2N2O/c1-11(2)9-19-8-4-7-15-20-10-14(21-15)16-12(17)5-3-6-13(16)18/h3,5-6,10-11,19H,4,7-9H2,1-2H3. The van der Waals surface area contributed by atoms with E-state index in [4.69, 9.17) is 4.42 Å². The lowest BCUT2D eigenvalue weighted by molar-refractivity contribution is 0.477. The van der Waals surface area contributed by atoms with Crippen molar-refractivity contribution in [3.8, 4) is 11.3 Å². The van der Waals surface area contributed by atoms with Crippen LogP contribution >= 0.6 is 0 Å². The summed E-state index contributed by atoms with van der Waals surface area (Å²) >= 11 is 0. The van der Waals surface area contributed by atoms with Gasteiger partial charge in [0.1, 0.15) is 11.6 Å². The number of benzene rings is 1. The summed E-state index contributed by atoms with van der Waals surface area (Å²) in [5.41, 5.74) is -0.158. The number of hydrogen-bond acceptors (Lipinski definition) is 3. The molecule has 0 saturated carbocycles. The van der Waals surface area contributed by atoms with E-state index in [1.165, 1.54) is 24.4 Å². The fourth-order valence-corrected chi connectivity index (χ4v) is 2.03. The Morgan fingerprint density at radius 1 is 1.24 bits per heavy atom. The van der Waals surface area contributed by atoms with Gasteiger partial charge in [-0.3, -0.25) is 0 Å². The van der Waals surface area contributed by atoms with Crippen molar-refractivity contribution in [3.05, 3.63) is 41.9 Å². The Bertz CT molecular complexity index is 561. The van der Waals surface area contributed by atoms with E-state index in [0.29, 0.717) is 18.2 Å². The highest BCUT2D eigenvalue weighted by molar-refractivity contribution is 5.58. The molecule has 2 aromatic rings. The molecule has 114 valence electrons. The number of aryl methyl sites for hydroxylation is 1. The molecule has 0 aliphatic carbocycles. The zero-order valence-corrected chi connectivity index (χ0v) is 12.3. The number of oxazole rings is 1. The highest BCUT2D eigenvalue weighted by atomic mass is 19.1. The summed E-state index contributed by atoms with van der Waals surface area (Å²) in [6.45, 7) is 6.13. The van der Waals surface area contributed by atoms with E-state index >= 15 is 0 Å². The SMILES string of the molecule is CC(C)CNCCCc1ncc(-c2c(F)cccc2F)o1. The molecule has 0 bridgehead atoms. The first-order chi connectivity index (χ1) is 10.1. The predicted octanol–water partition coefficient (Wildman–Crippen LogP) is 3.80. The quantitative estimate of drug-likeness (QED) is 0.789. The highest BCUT2D eigenvalue weighted by Crippen LogP contribution is 2.26. The fraction of sp³-hybridized carbons (Fsp3) is 0.438. The van der Waals surface area contributed by atoms with Crippen LogP contribution in [0.25, 0.3) is 11.3 Å². The Kier molecular flexibility index (Phi) is 5.44. The second kappa shape index (κ2) is 7.31. The minimum absolute atomic E-state index is 0.135. The molecule has 1 aromatic carbocycles. The molecule has 0 amide bonds. The van der Waals surface area contributed by atoms with Crippen molar-refractivity contribution in [2.24, 2.45) is 5.92 Å². The Hall–Kier alpha value is -1.75. The third-order valence-corrected chi connectivity index (χ3v) is 3.06. The van der Waals surface area contributed by atoms with Gasteiger partial charge in [0.05, 0.1) is 11.8 Å². The monoisotopic (exact) mass is 294 g/mol. The lowest BCUT2D eigenvalue weighted by atomic mass is 10.1. The Balaban J connectivity index is 1.93. The summed E-state index contributed by atoms with van der Waals surface area (Å²) in [7, 11) is 0. The molecule has 1 heterocycles. The van der Waals surface area contributed by atoms with Gasteiger partial charge in [0, 0.05) is 6.42 Å². The molecule has 0 atom stereocenters. The maximum absolute atomic E-state index is 13.6. The number of aromatic nitrogens is 1. The van der Waals surface area contributed by atoms with Crippen molar-refractivity contribution in [2.75, 3.05) is 13.1 Å². The Morgan fingerprint density at radius 3 is 2.62 bits per heavy atom. The van der Waals surface area contributed by atoms with E-state index in [9.17, 15) is 8.78 Å². The van der Waals surface area contributed by atoms with E-state index in [1.807, 2.05) is 0 Å². The van der Waals surface area contributed by atoms with Crippen LogP contribution in [0.5, 0.6) is 0 Å². The van der Waals surface area contributed by atoms with Crippen LogP contribution < -0.4 is 5.32 Å². The number of hydrogen-bond donors (Lipinski definition) is 1. The minimum Gasteiger partial charge on any atom is -0.441 e. The summed E-state index contributed by atoms with van der Waals surface area (Å²) in [4.78, 5) is 4.08. The zero-order chi connectivity index (χ0) is 15.2. The second-order valence-corrected chi connectivity index (χ2v) is 5.42. The fourth-order valence-electron chi connectivity index (χ4n) is 2.03. The summed E-state index contributed by atoms with van der Waals surface area (Å²) in [6, 6.07) is 3.73. The van der Waals surface area contributed by atoms with Crippen molar-refractivity contribution in [3.63, 3.8) is 0 Å². The van der Waals surface area contributed by atoms with Gasteiger partial charge in [-0.05, 0) is 37.6 Å². The molecule has 0 unspecified atom stereocenters. The van der Waals surface area contributed by atoms with Gasteiger partial charge < -0.3 is 9.73 Å². The average Bonchev–Trinajstić information content (AvgIpc) is 2.86. The van der Waals surface area contributed by atoms with Crippen LogP contribution in [0.1, 0.15) is 26.2 Å². The molecule has 0 spiro atoms. The largest absolute Gasteiger partial charge is 0.441 e. The Labute approximate surface area is 123 Å². The molecule has 0 radical (unpaired) electrons. The molecule has 0 fully saturated rings. The van der Waals surface area contributed by atoms with Gasteiger partial charge >= 0.3 is 0 Å². The van der Waals surface area contributed by atoms with E-state index < -0.39 is 11.6 Å². The molecule has 2 rings (SSSR count). The van der Waals surface area contributed by atoms with E-state index in [1.54, 1.807) is 0 Å². The van der Waals surface area contributed by atoms with Crippen molar-refractivity contribution in [1.82, 2.24) is 10.3 Å². The first kappa shape index (κ1) is 15.6. The summed E-state index contributed by atoms with van der Waals surface area (Å²) < 4.78 is 32.7. The molecule has 0 saturated heterocycles. The number of nitrogens with zero attached hydrogens (tertiary/aromatic N) is 1. The first-order valence-corrected chi connectivity index (χ1v) is 7.17. The van der Waals surface area contributed by atoms with Gasteiger partial charge in [-0.1, -0.05) is 19.9 Å². The number of halogens is 2. The average molecular weight is 294 g/mol. The minimum atomic E-state index is -0.642. The lowest BCUT2D eigenvalue weighted by Crippen LogP contribution is -2.21. The lowest BCUT2D eigenvalue weighted by Gasteiger charge is -2.05. The first-order valence-electron chi connectivity index (χ1n) is 7.17. The van der Waals surface area contributed by atoms with Crippen LogP contribution in [0.15, 0.2) is 28.8 Å². The van der Waals surface area contributed by atoms with E-state index in [2.05, 4.69) is 24.1 Å². The third-order valence-electron chi connectivity index (χ3n) is 3.06. The van der Waals surface area contributed by atoms with Gasteiger partial charge in [0.25, 0.3) is 0 Å². The zero-order valence-electron chi connectivity index (χ0n) is 12.3. The van der Waals surface area contributed by atoms with Gasteiger partial charge in [-0.2, -0.15) is 0 Å². The van der Waals surface area contributed by atoms with Gasteiger partial charge in [-0.25, -0.2) is 13.8 Å². The molecular weight excluding hydrogens is 274 g/mol. The maximum atomic E-state index is 13.6. The van der Waals surface area contributed by atoms with Crippen molar-refractivity contribution in [2.45, 2.75) is 26.7 Å². The van der Waals surface area contributed by atoms with Crippen LogP contribution in [-0.2, 0) is 6.42 Å². The van der Waals surface area contributed by atoms with Crippen LogP contribution in [-0.4, -0.2) is 18.1 Å². The van der Waals surface area contributed by atoms with Crippen molar-refractivity contribution < 1.29 is 13.2 Å². The molecule has 5 heteroatoms. The summed E-state index contributed by atoms with van der Waals surface area (Å²) in [5, 5.41) is 3.32. The second-order valence-electron chi connectivity index (χ2n) is 5.42. The normalized spacial score (nSPS) is 11.3. The smallest absolute Gasteiger partial charge is 0.194 e. The van der Waals surface area contributed by atoms with Gasteiger partial charge in [0.15, 0.2) is 11.7 Å². The molecule has 1 aromatic heterocycles. The van der Waals surface area contributed by atoms with Crippen molar-refractivity contribution in [1.29, 1.82) is 0 Å². The molecule has 21 heavy (non-hydrogen) atoms. The summed E-state index contributed by atoms with van der Waals surface area (Å²) in [6.07, 6.45) is 2.88. The predicted molar refractivity (Wildman–Crippen MR) is 77.9 cm³/mol. The summed E-state index contributed by atoms with van der Waals surface area (Å²) in [5.74, 6) is -0.0373. The molecule has 0 aliphatic heterocycles. The molecule has 1 N–H and O–H groups in total. The van der Waals surface area contributed by atoms with E-state index in [0.717, 1.165) is 19.5 Å². The Morgan fingerprint density at radius 2 is 1.95 bits per heavy atom. The number of nitrogens with one attached hydrogen (secondary N) is 1. The van der Waals surface area contributed by atoms with Crippen LogP contribution in [0.3, 0.4) is 0 Å². The molecule has 3 nitrogen and oxygen atoms in total.